The van der Waals surface area contributed by atoms with Gasteiger partial charge in [0.05, 0.1) is 0 Å². The van der Waals surface area contributed by atoms with E-state index in [4.69, 9.17) is 22.2 Å². The van der Waals surface area contributed by atoms with Gasteiger partial charge in [0.2, 0.25) is 0 Å². The minimum absolute atomic E-state index is 2.53. The van der Waals surface area contributed by atoms with Gasteiger partial charge in [-0.05, 0) is 0 Å². The molecular weight excluding hydrogens is 261 g/mol. The Labute approximate surface area is 78.8 Å². The predicted molar refractivity (Wildman–Crippen MR) is 38.2 cm³/mol. The van der Waals surface area contributed by atoms with Gasteiger partial charge in [0, 0.05) is 0 Å². The van der Waals surface area contributed by atoms with E-state index in [1.54, 1.807) is 0 Å². The molecule has 76 valence electrons. The summed E-state index contributed by atoms with van der Waals surface area (Å²) in [4.78, 5) is 0. The zero-order valence-electron chi connectivity index (χ0n) is 5.52. The molecule has 0 aliphatic carbocycles. The third-order valence-corrected chi connectivity index (χ3v) is 4.35. The Morgan fingerprint density at radius 2 is 0.923 bits per heavy atom. The average Bonchev–Trinajstić information content (AvgIpc) is 2.01. The molecule has 0 aliphatic rings. The van der Waals surface area contributed by atoms with Crippen molar-refractivity contribution in [2.75, 3.05) is 0 Å². The van der Waals surface area contributed by atoms with Crippen LogP contribution in [0.25, 0.3) is 0 Å². The van der Waals surface area contributed by atoms with Gasteiger partial charge in [-0.2, -0.15) is 17.6 Å². The molecule has 0 saturated carbocycles. The minimum Gasteiger partial charge on any atom is -0.208 e. The van der Waals surface area contributed by atoms with Gasteiger partial charge in [0.25, 0.3) is 12.2 Å². The molecule has 0 atom stereocenters. The summed E-state index contributed by atoms with van der Waals surface area (Å²) in [6.07, 6.45) is -6.01. The van der Waals surface area contributed by atoms with Gasteiger partial charge in [0.1, 0.15) is 0 Å². The van der Waals surface area contributed by atoms with Crippen LogP contribution >= 0.6 is 22.2 Å². The van der Waals surface area contributed by atoms with Crippen LogP contribution in [-0.2, 0) is 0 Å². The van der Waals surface area contributed by atoms with Gasteiger partial charge >= 0.3 is 6.69 Å². The maximum Gasteiger partial charge on any atom is 0.381 e. The molecular formula is C4Cl2F6Si. The molecule has 0 saturated heterocycles. The molecule has 0 fully saturated rings. The van der Waals surface area contributed by atoms with E-state index in [1.165, 1.54) is 0 Å². The van der Waals surface area contributed by atoms with Crippen molar-refractivity contribution in [2.24, 2.45) is 0 Å². The summed E-state index contributed by atoms with van der Waals surface area (Å²) in [5.74, 6) is 0. The first-order chi connectivity index (χ1) is 5.71. The van der Waals surface area contributed by atoms with Crippen LogP contribution in [0.5, 0.6) is 0 Å². The number of rotatable bonds is 2. The van der Waals surface area contributed by atoms with Gasteiger partial charge in [-0.25, -0.2) is 8.78 Å². The van der Waals surface area contributed by atoms with Crippen molar-refractivity contribution in [2.45, 2.75) is 0 Å². The maximum absolute atomic E-state index is 12.2. The van der Waals surface area contributed by atoms with Crippen LogP contribution in [0, 0.1) is 0 Å². The summed E-state index contributed by atoms with van der Waals surface area (Å²) >= 11 is 9.41. The highest BCUT2D eigenvalue weighted by atomic mass is 35.7. The molecule has 0 heterocycles. The second-order valence-electron chi connectivity index (χ2n) is 1.72. The first-order valence-electron chi connectivity index (χ1n) is 2.51. The molecule has 0 rings (SSSR count). The lowest BCUT2D eigenvalue weighted by Crippen LogP contribution is -2.23. The molecule has 0 aliphatic heterocycles. The molecule has 0 unspecified atom stereocenters. The molecule has 0 radical (unpaired) electrons. The predicted octanol–water partition coefficient (Wildman–Crippen LogP) is 4.14. The van der Waals surface area contributed by atoms with Crippen molar-refractivity contribution in [3.63, 3.8) is 0 Å². The fourth-order valence-electron chi connectivity index (χ4n) is 0.334. The third-order valence-electron chi connectivity index (χ3n) is 0.883. The summed E-state index contributed by atoms with van der Waals surface area (Å²) in [6.45, 7) is -5.17. The van der Waals surface area contributed by atoms with Gasteiger partial charge in [0.15, 0.2) is 10.9 Å². The lowest BCUT2D eigenvalue weighted by Gasteiger charge is -2.09. The van der Waals surface area contributed by atoms with E-state index in [9.17, 15) is 26.3 Å². The van der Waals surface area contributed by atoms with Crippen molar-refractivity contribution in [1.82, 2.24) is 0 Å². The highest BCUT2D eigenvalue weighted by molar-refractivity contribution is 7.51. The molecule has 0 amide bonds. The summed E-state index contributed by atoms with van der Waals surface area (Å²) < 4.78 is 70.4. The van der Waals surface area contributed by atoms with E-state index < -0.39 is 29.8 Å². The molecule has 0 bridgehead atoms. The lowest BCUT2D eigenvalue weighted by molar-refractivity contribution is 0.384. The minimum atomic E-state index is -5.17. The van der Waals surface area contributed by atoms with Gasteiger partial charge in [-0.1, -0.05) is 0 Å². The summed E-state index contributed by atoms with van der Waals surface area (Å²) in [5.41, 5.74) is -5.05. The van der Waals surface area contributed by atoms with E-state index in [0.29, 0.717) is 0 Å². The number of hydrogen-bond acceptors (Lipinski definition) is 0. The normalized spacial score (nSPS) is 11.1. The summed E-state index contributed by atoms with van der Waals surface area (Å²) in [7, 11) is 0. The van der Waals surface area contributed by atoms with E-state index in [2.05, 4.69) is 0 Å². The van der Waals surface area contributed by atoms with Crippen LogP contribution in [0.2, 0.25) is 0 Å². The Balaban J connectivity index is 5.23. The summed E-state index contributed by atoms with van der Waals surface area (Å²) in [5, 5.41) is 0. The van der Waals surface area contributed by atoms with E-state index in [0.717, 1.165) is 0 Å². The van der Waals surface area contributed by atoms with E-state index >= 15 is 0 Å². The molecule has 0 N–H and O–H groups in total. The largest absolute Gasteiger partial charge is 0.381 e. The smallest absolute Gasteiger partial charge is 0.208 e. The molecule has 0 aromatic heterocycles. The Kier molecular flexibility index (Phi) is 4.33. The Bertz CT molecular complexity index is 238. The van der Waals surface area contributed by atoms with Crippen LogP contribution in [0.15, 0.2) is 23.1 Å². The van der Waals surface area contributed by atoms with Crippen LogP contribution in [0.1, 0.15) is 0 Å². The second-order valence-corrected chi connectivity index (χ2v) is 7.73. The zero-order chi connectivity index (χ0) is 10.8. The van der Waals surface area contributed by atoms with Gasteiger partial charge < -0.3 is 0 Å². The zero-order valence-corrected chi connectivity index (χ0v) is 8.04. The highest BCUT2D eigenvalue weighted by Gasteiger charge is 2.46. The van der Waals surface area contributed by atoms with Crippen LogP contribution in [-0.4, -0.2) is 6.69 Å². The fourth-order valence-corrected chi connectivity index (χ4v) is 1.86. The van der Waals surface area contributed by atoms with Crippen molar-refractivity contribution >= 4 is 28.9 Å². The lowest BCUT2D eigenvalue weighted by atomic mass is 11.1. The topological polar surface area (TPSA) is 0 Å². The standard InChI is InChI=1S/C4Cl2F6Si/c5-13(6,3(11)1(7)8)4(12)2(9)10. The number of halogens is 8. The van der Waals surface area contributed by atoms with Crippen LogP contribution < -0.4 is 0 Å². The molecule has 9 heteroatoms. The van der Waals surface area contributed by atoms with Crippen molar-refractivity contribution in [3.8, 4) is 0 Å². The van der Waals surface area contributed by atoms with Crippen LogP contribution in [0.3, 0.4) is 0 Å². The Hall–Kier alpha value is -0.143. The molecule has 0 nitrogen and oxygen atoms in total. The maximum atomic E-state index is 12.2. The molecule has 13 heavy (non-hydrogen) atoms. The van der Waals surface area contributed by atoms with E-state index in [-0.39, 0.29) is 0 Å². The van der Waals surface area contributed by atoms with Gasteiger partial charge in [-0.3, -0.25) is 0 Å². The summed E-state index contributed by atoms with van der Waals surface area (Å²) in [6, 6.07) is 0. The van der Waals surface area contributed by atoms with Crippen molar-refractivity contribution < 1.29 is 26.3 Å². The SMILES string of the molecule is FC(F)=C(F)[Si](Cl)(Cl)C(F)=C(F)F. The first-order valence-corrected chi connectivity index (χ1v) is 6.54. The number of hydrogen-bond donors (Lipinski definition) is 0. The Morgan fingerprint density at radius 1 is 0.692 bits per heavy atom. The van der Waals surface area contributed by atoms with Gasteiger partial charge in [-0.15, -0.1) is 22.2 Å². The molecule has 0 aromatic carbocycles. The van der Waals surface area contributed by atoms with Crippen molar-refractivity contribution in [1.29, 1.82) is 0 Å². The Morgan fingerprint density at radius 3 is 1.08 bits per heavy atom. The van der Waals surface area contributed by atoms with Crippen LogP contribution in [0.4, 0.5) is 26.3 Å². The molecule has 0 spiro atoms. The average molecular weight is 261 g/mol. The monoisotopic (exact) mass is 260 g/mol. The second kappa shape index (κ2) is 4.38. The highest BCUT2D eigenvalue weighted by Crippen LogP contribution is 2.38. The molecule has 0 aromatic rings. The quantitative estimate of drug-likeness (QED) is 0.398. The first kappa shape index (κ1) is 12.9. The fraction of sp³-hybridized carbons (Fsp3) is 0. The van der Waals surface area contributed by atoms with Crippen molar-refractivity contribution in [3.05, 3.63) is 23.1 Å². The van der Waals surface area contributed by atoms with E-state index in [1.807, 2.05) is 0 Å². The third kappa shape index (κ3) is 2.92.